The Bertz CT molecular complexity index is 490. The topological polar surface area (TPSA) is 64.1 Å². The Kier molecular flexibility index (Phi) is 2.94. The van der Waals surface area contributed by atoms with Crippen LogP contribution in [0.25, 0.3) is 11.0 Å². The first-order valence-electron chi connectivity index (χ1n) is 5.48. The Morgan fingerprint density at radius 1 is 1.44 bits per heavy atom. The van der Waals surface area contributed by atoms with Gasteiger partial charge in [-0.25, -0.2) is 4.98 Å². The molecular weight excluding hydrogens is 202 g/mol. The van der Waals surface area contributed by atoms with Crippen molar-refractivity contribution in [3.63, 3.8) is 0 Å². The fraction of sp³-hybridized carbons (Fsp3) is 0.417. The fourth-order valence-electron chi connectivity index (χ4n) is 1.80. The van der Waals surface area contributed by atoms with Gasteiger partial charge in [0.25, 0.3) is 0 Å². The molecule has 86 valence electrons. The number of benzene rings is 1. The second kappa shape index (κ2) is 4.23. The van der Waals surface area contributed by atoms with E-state index in [4.69, 9.17) is 5.73 Å². The molecule has 0 saturated heterocycles. The Morgan fingerprint density at radius 3 is 2.81 bits per heavy atom. The molecule has 0 aliphatic carbocycles. The zero-order valence-electron chi connectivity index (χ0n) is 9.59. The van der Waals surface area contributed by atoms with E-state index in [-0.39, 0.29) is 6.54 Å². The minimum absolute atomic E-state index is 0.237. The summed E-state index contributed by atoms with van der Waals surface area (Å²) in [7, 11) is 0. The molecule has 1 aromatic carbocycles. The third-order valence-electron chi connectivity index (χ3n) is 2.76. The molecule has 1 heterocycles. The lowest BCUT2D eigenvalue weighted by Crippen LogP contribution is -2.11. The Balaban J connectivity index is 2.54. The van der Waals surface area contributed by atoms with Gasteiger partial charge in [0.2, 0.25) is 0 Å². The number of hydrogen-bond acceptors (Lipinski definition) is 3. The number of rotatable bonds is 3. The second-order valence-electron chi connectivity index (χ2n) is 4.25. The zero-order valence-corrected chi connectivity index (χ0v) is 9.59. The molecule has 1 unspecified atom stereocenters. The van der Waals surface area contributed by atoms with Gasteiger partial charge in [0.15, 0.2) is 0 Å². The standard InChI is InChI=1S/C12H17N3O/c1-8(2)15-7-14-10-4-3-9(5-11(10)15)12(16)6-13/h3-5,7-8,12,16H,6,13H2,1-2H3. The van der Waals surface area contributed by atoms with E-state index in [2.05, 4.69) is 23.4 Å². The van der Waals surface area contributed by atoms with E-state index in [0.29, 0.717) is 6.04 Å². The van der Waals surface area contributed by atoms with Crippen molar-refractivity contribution in [2.75, 3.05) is 6.54 Å². The van der Waals surface area contributed by atoms with Crippen molar-refractivity contribution < 1.29 is 5.11 Å². The van der Waals surface area contributed by atoms with E-state index in [1.165, 1.54) is 0 Å². The van der Waals surface area contributed by atoms with Crippen LogP contribution in [-0.2, 0) is 0 Å². The van der Waals surface area contributed by atoms with Crippen molar-refractivity contribution >= 4 is 11.0 Å². The van der Waals surface area contributed by atoms with Crippen LogP contribution in [0, 0.1) is 0 Å². The first kappa shape index (κ1) is 11.1. The van der Waals surface area contributed by atoms with Crippen molar-refractivity contribution in [1.29, 1.82) is 0 Å². The summed E-state index contributed by atoms with van der Waals surface area (Å²) < 4.78 is 2.09. The maximum Gasteiger partial charge on any atom is 0.0960 e. The van der Waals surface area contributed by atoms with Crippen LogP contribution in [-0.4, -0.2) is 21.2 Å². The van der Waals surface area contributed by atoms with Crippen molar-refractivity contribution in [1.82, 2.24) is 9.55 Å². The third kappa shape index (κ3) is 1.81. The Labute approximate surface area is 94.7 Å². The first-order valence-corrected chi connectivity index (χ1v) is 5.48. The van der Waals surface area contributed by atoms with Gasteiger partial charge >= 0.3 is 0 Å². The van der Waals surface area contributed by atoms with Gasteiger partial charge < -0.3 is 15.4 Å². The third-order valence-corrected chi connectivity index (χ3v) is 2.76. The summed E-state index contributed by atoms with van der Waals surface area (Å²) >= 11 is 0. The van der Waals surface area contributed by atoms with Crippen LogP contribution in [0.2, 0.25) is 0 Å². The number of aliphatic hydroxyl groups excluding tert-OH is 1. The summed E-state index contributed by atoms with van der Waals surface area (Å²) in [5.74, 6) is 0. The number of imidazole rings is 1. The normalized spacial score (nSPS) is 13.6. The fourth-order valence-corrected chi connectivity index (χ4v) is 1.80. The molecule has 0 aliphatic rings. The summed E-state index contributed by atoms with van der Waals surface area (Å²) in [5.41, 5.74) is 8.28. The molecule has 1 atom stereocenters. The molecule has 1 aromatic heterocycles. The molecule has 0 radical (unpaired) electrons. The monoisotopic (exact) mass is 219 g/mol. The highest BCUT2D eigenvalue weighted by atomic mass is 16.3. The number of aliphatic hydroxyl groups is 1. The van der Waals surface area contributed by atoms with Gasteiger partial charge in [0.1, 0.15) is 0 Å². The van der Waals surface area contributed by atoms with Crippen LogP contribution >= 0.6 is 0 Å². The summed E-state index contributed by atoms with van der Waals surface area (Å²) in [4.78, 5) is 4.32. The Morgan fingerprint density at radius 2 is 2.19 bits per heavy atom. The summed E-state index contributed by atoms with van der Waals surface area (Å²) in [6, 6.07) is 6.11. The molecule has 3 N–H and O–H groups in total. The highest BCUT2D eigenvalue weighted by Gasteiger charge is 2.10. The van der Waals surface area contributed by atoms with E-state index in [9.17, 15) is 5.11 Å². The van der Waals surface area contributed by atoms with Crippen molar-refractivity contribution in [3.8, 4) is 0 Å². The van der Waals surface area contributed by atoms with Gasteiger partial charge in [-0.3, -0.25) is 0 Å². The van der Waals surface area contributed by atoms with Crippen LogP contribution in [0.4, 0.5) is 0 Å². The molecule has 16 heavy (non-hydrogen) atoms. The van der Waals surface area contributed by atoms with Gasteiger partial charge in [-0.05, 0) is 31.5 Å². The lowest BCUT2D eigenvalue weighted by molar-refractivity contribution is 0.187. The maximum atomic E-state index is 9.70. The summed E-state index contributed by atoms with van der Waals surface area (Å²) in [5, 5.41) is 9.70. The van der Waals surface area contributed by atoms with E-state index >= 15 is 0 Å². The molecule has 0 amide bonds. The molecule has 2 aromatic rings. The minimum Gasteiger partial charge on any atom is -0.387 e. The number of aromatic nitrogens is 2. The van der Waals surface area contributed by atoms with E-state index in [1.54, 1.807) is 0 Å². The molecular formula is C12H17N3O. The van der Waals surface area contributed by atoms with Crippen molar-refractivity contribution in [2.45, 2.75) is 26.0 Å². The maximum absolute atomic E-state index is 9.70. The lowest BCUT2D eigenvalue weighted by atomic mass is 10.1. The molecule has 0 bridgehead atoms. The van der Waals surface area contributed by atoms with Crippen LogP contribution < -0.4 is 5.73 Å². The van der Waals surface area contributed by atoms with Gasteiger partial charge in [-0.15, -0.1) is 0 Å². The largest absolute Gasteiger partial charge is 0.387 e. The molecule has 2 rings (SSSR count). The average Bonchev–Trinajstić information content (AvgIpc) is 2.70. The van der Waals surface area contributed by atoms with Crippen molar-refractivity contribution in [2.24, 2.45) is 5.73 Å². The predicted octanol–water partition coefficient (Wildman–Crippen LogP) is 1.61. The second-order valence-corrected chi connectivity index (χ2v) is 4.25. The number of nitrogens with zero attached hydrogens (tertiary/aromatic N) is 2. The van der Waals surface area contributed by atoms with Crippen LogP contribution in [0.3, 0.4) is 0 Å². The number of hydrogen-bond donors (Lipinski definition) is 2. The van der Waals surface area contributed by atoms with E-state index < -0.39 is 6.10 Å². The lowest BCUT2D eigenvalue weighted by Gasteiger charge is -2.11. The molecule has 0 spiro atoms. The van der Waals surface area contributed by atoms with Gasteiger partial charge in [0, 0.05) is 12.6 Å². The average molecular weight is 219 g/mol. The SMILES string of the molecule is CC(C)n1cnc2ccc(C(O)CN)cc21. The Hall–Kier alpha value is -1.39. The first-order chi connectivity index (χ1) is 7.63. The number of nitrogens with two attached hydrogens (primary N) is 1. The highest BCUT2D eigenvalue weighted by Crippen LogP contribution is 2.21. The summed E-state index contributed by atoms with van der Waals surface area (Å²) in [6.07, 6.45) is 1.23. The van der Waals surface area contributed by atoms with Crippen molar-refractivity contribution in [3.05, 3.63) is 30.1 Å². The molecule has 4 heteroatoms. The van der Waals surface area contributed by atoms with Gasteiger partial charge in [-0.1, -0.05) is 6.07 Å². The summed E-state index contributed by atoms with van der Waals surface area (Å²) in [6.45, 7) is 4.45. The predicted molar refractivity (Wildman–Crippen MR) is 64.1 cm³/mol. The van der Waals surface area contributed by atoms with Gasteiger partial charge in [-0.2, -0.15) is 0 Å². The smallest absolute Gasteiger partial charge is 0.0960 e. The molecule has 0 saturated carbocycles. The number of fused-ring (bicyclic) bond motifs is 1. The van der Waals surface area contributed by atoms with Crippen LogP contribution in [0.15, 0.2) is 24.5 Å². The minimum atomic E-state index is -0.597. The molecule has 0 aliphatic heterocycles. The van der Waals surface area contributed by atoms with Gasteiger partial charge in [0.05, 0.1) is 23.5 Å². The van der Waals surface area contributed by atoms with Crippen LogP contribution in [0.5, 0.6) is 0 Å². The van der Waals surface area contributed by atoms with E-state index in [1.807, 2.05) is 24.5 Å². The van der Waals surface area contributed by atoms with Crippen LogP contribution in [0.1, 0.15) is 31.6 Å². The molecule has 0 fully saturated rings. The zero-order chi connectivity index (χ0) is 11.7. The van der Waals surface area contributed by atoms with E-state index in [0.717, 1.165) is 16.6 Å². The molecule has 4 nitrogen and oxygen atoms in total. The quantitative estimate of drug-likeness (QED) is 0.824. The highest BCUT2D eigenvalue weighted by molar-refractivity contribution is 5.76.